The van der Waals surface area contributed by atoms with Gasteiger partial charge in [-0.1, -0.05) is 30.3 Å². The van der Waals surface area contributed by atoms with Crippen molar-refractivity contribution in [2.45, 2.75) is 40.2 Å². The number of likely N-dealkylation sites (N-methyl/N-ethyl adjacent to an activating group) is 1. The quantitative estimate of drug-likeness (QED) is 0.437. The molecule has 1 aliphatic rings. The van der Waals surface area contributed by atoms with E-state index in [0.717, 1.165) is 5.69 Å². The lowest BCUT2D eigenvalue weighted by molar-refractivity contribution is -0.137. The highest BCUT2D eigenvalue weighted by Crippen LogP contribution is 2.34. The van der Waals surface area contributed by atoms with Crippen LogP contribution in [0.3, 0.4) is 0 Å². The molecule has 1 aliphatic heterocycles. The third-order valence-electron chi connectivity index (χ3n) is 5.27. The van der Waals surface area contributed by atoms with E-state index in [2.05, 4.69) is 5.32 Å². The Hall–Kier alpha value is -3.45. The Morgan fingerprint density at radius 2 is 1.70 bits per heavy atom. The summed E-state index contributed by atoms with van der Waals surface area (Å²) in [5.41, 5.74) is 2.83. The standard InChI is InChI=1S/C26H31N3O4/c1-5-28(22-10-7-6-8-11-22)24-23(20-12-14-21(15-13-20)27-19(4)30)25(31)29(26(24)32)16-9-17-33-18(2)3/h6-8,10-15,18H,5,9,16-17H2,1-4H3,(H,27,30). The maximum Gasteiger partial charge on any atom is 0.278 e. The highest BCUT2D eigenvalue weighted by Gasteiger charge is 2.41. The van der Waals surface area contributed by atoms with Gasteiger partial charge in [0.25, 0.3) is 11.8 Å². The minimum absolute atomic E-state index is 0.0926. The van der Waals surface area contributed by atoms with Gasteiger partial charge in [-0.3, -0.25) is 19.3 Å². The van der Waals surface area contributed by atoms with E-state index in [-0.39, 0.29) is 30.4 Å². The molecule has 33 heavy (non-hydrogen) atoms. The summed E-state index contributed by atoms with van der Waals surface area (Å²) in [6.07, 6.45) is 0.657. The number of carbonyl (C=O) groups is 3. The van der Waals surface area contributed by atoms with Gasteiger partial charge in [-0.2, -0.15) is 0 Å². The van der Waals surface area contributed by atoms with Gasteiger partial charge >= 0.3 is 0 Å². The molecule has 0 aliphatic carbocycles. The second-order valence-electron chi connectivity index (χ2n) is 8.10. The number of hydrogen-bond acceptors (Lipinski definition) is 5. The molecule has 7 nitrogen and oxygen atoms in total. The lowest BCUT2D eigenvalue weighted by Gasteiger charge is -2.25. The van der Waals surface area contributed by atoms with Crippen molar-refractivity contribution in [3.8, 4) is 0 Å². The number of anilines is 2. The summed E-state index contributed by atoms with van der Waals surface area (Å²) in [6, 6.07) is 16.6. The van der Waals surface area contributed by atoms with Gasteiger partial charge in [-0.25, -0.2) is 0 Å². The first-order valence-electron chi connectivity index (χ1n) is 11.3. The van der Waals surface area contributed by atoms with E-state index in [1.807, 2.05) is 56.0 Å². The Bertz CT molecular complexity index is 1030. The number of amides is 3. The first-order valence-corrected chi connectivity index (χ1v) is 11.3. The number of rotatable bonds is 10. The van der Waals surface area contributed by atoms with Gasteiger partial charge in [0, 0.05) is 38.0 Å². The molecule has 0 aromatic heterocycles. The van der Waals surface area contributed by atoms with Gasteiger partial charge in [0.2, 0.25) is 5.91 Å². The smallest absolute Gasteiger partial charge is 0.278 e. The van der Waals surface area contributed by atoms with Gasteiger partial charge in [-0.05, 0) is 57.0 Å². The minimum atomic E-state index is -0.318. The maximum absolute atomic E-state index is 13.5. The Kier molecular flexibility index (Phi) is 8.01. The molecule has 1 N–H and O–H groups in total. The summed E-state index contributed by atoms with van der Waals surface area (Å²) in [4.78, 5) is 41.5. The summed E-state index contributed by atoms with van der Waals surface area (Å²) in [7, 11) is 0. The molecule has 0 bridgehead atoms. The van der Waals surface area contributed by atoms with Crippen molar-refractivity contribution in [1.82, 2.24) is 4.90 Å². The number of imide groups is 1. The van der Waals surface area contributed by atoms with Crippen LogP contribution in [0.4, 0.5) is 11.4 Å². The fourth-order valence-corrected chi connectivity index (χ4v) is 3.82. The highest BCUT2D eigenvalue weighted by atomic mass is 16.5. The van der Waals surface area contributed by atoms with Crippen LogP contribution in [-0.4, -0.2) is 48.4 Å². The Morgan fingerprint density at radius 3 is 2.27 bits per heavy atom. The van der Waals surface area contributed by atoms with E-state index in [1.165, 1.54) is 11.8 Å². The molecule has 3 rings (SSSR count). The molecule has 174 valence electrons. The second-order valence-corrected chi connectivity index (χ2v) is 8.10. The van der Waals surface area contributed by atoms with Crippen molar-refractivity contribution in [3.63, 3.8) is 0 Å². The van der Waals surface area contributed by atoms with Crippen LogP contribution in [0.15, 0.2) is 60.3 Å². The van der Waals surface area contributed by atoms with Gasteiger partial charge in [0.15, 0.2) is 0 Å². The maximum atomic E-state index is 13.5. The number of carbonyl (C=O) groups excluding carboxylic acids is 3. The largest absolute Gasteiger partial charge is 0.379 e. The van der Waals surface area contributed by atoms with Crippen molar-refractivity contribution >= 4 is 34.7 Å². The van der Waals surface area contributed by atoms with Crippen molar-refractivity contribution in [2.24, 2.45) is 0 Å². The summed E-state index contributed by atoms with van der Waals surface area (Å²) in [5, 5.41) is 2.72. The molecule has 2 aromatic carbocycles. The molecule has 3 amide bonds. The van der Waals surface area contributed by atoms with Crippen LogP contribution in [0.5, 0.6) is 0 Å². The predicted molar refractivity (Wildman–Crippen MR) is 130 cm³/mol. The van der Waals surface area contributed by atoms with Crippen LogP contribution in [0.25, 0.3) is 5.57 Å². The van der Waals surface area contributed by atoms with Crippen LogP contribution in [0, 0.1) is 0 Å². The molecule has 2 aromatic rings. The normalized spacial score (nSPS) is 13.8. The van der Waals surface area contributed by atoms with Crippen LogP contribution >= 0.6 is 0 Å². The third kappa shape index (κ3) is 5.68. The van der Waals surface area contributed by atoms with Crippen molar-refractivity contribution in [3.05, 3.63) is 65.9 Å². The van der Waals surface area contributed by atoms with Gasteiger partial charge in [0.05, 0.1) is 11.7 Å². The number of para-hydroxylation sites is 1. The van der Waals surface area contributed by atoms with Crippen molar-refractivity contribution < 1.29 is 19.1 Å². The van der Waals surface area contributed by atoms with Gasteiger partial charge < -0.3 is 15.0 Å². The summed E-state index contributed by atoms with van der Waals surface area (Å²) in [6.45, 7) is 8.58. The van der Waals surface area contributed by atoms with Crippen LogP contribution in [0.2, 0.25) is 0 Å². The fraction of sp³-hybridized carbons (Fsp3) is 0.346. The van der Waals surface area contributed by atoms with Crippen LogP contribution in [-0.2, 0) is 19.1 Å². The molecule has 0 spiro atoms. The minimum Gasteiger partial charge on any atom is -0.379 e. The molecular formula is C26H31N3O4. The fourth-order valence-electron chi connectivity index (χ4n) is 3.82. The van der Waals surface area contributed by atoms with E-state index in [9.17, 15) is 14.4 Å². The average Bonchev–Trinajstić information content (AvgIpc) is 3.03. The molecule has 0 fully saturated rings. The van der Waals surface area contributed by atoms with E-state index in [1.54, 1.807) is 24.3 Å². The van der Waals surface area contributed by atoms with Crippen molar-refractivity contribution in [2.75, 3.05) is 29.9 Å². The number of benzene rings is 2. The number of hydrogen-bond donors (Lipinski definition) is 1. The zero-order chi connectivity index (χ0) is 24.0. The second kappa shape index (κ2) is 10.9. The molecule has 0 unspecified atom stereocenters. The molecule has 0 atom stereocenters. The lowest BCUT2D eigenvalue weighted by Crippen LogP contribution is -2.36. The average molecular weight is 450 g/mol. The van der Waals surface area contributed by atoms with Gasteiger partial charge in [-0.15, -0.1) is 0 Å². The predicted octanol–water partition coefficient (Wildman–Crippen LogP) is 4.07. The van der Waals surface area contributed by atoms with Crippen LogP contribution in [0.1, 0.15) is 39.7 Å². The summed E-state index contributed by atoms with van der Waals surface area (Å²) >= 11 is 0. The van der Waals surface area contributed by atoms with E-state index >= 15 is 0 Å². The summed E-state index contributed by atoms with van der Waals surface area (Å²) < 4.78 is 5.59. The topological polar surface area (TPSA) is 79.0 Å². The summed E-state index contributed by atoms with van der Waals surface area (Å²) in [5.74, 6) is -0.803. The Balaban J connectivity index is 1.99. The van der Waals surface area contributed by atoms with Crippen LogP contribution < -0.4 is 10.2 Å². The molecule has 7 heteroatoms. The third-order valence-corrected chi connectivity index (χ3v) is 5.27. The van der Waals surface area contributed by atoms with E-state index in [0.29, 0.717) is 42.1 Å². The van der Waals surface area contributed by atoms with E-state index < -0.39 is 0 Å². The number of ether oxygens (including phenoxy) is 1. The molecule has 1 heterocycles. The number of nitrogens with one attached hydrogen (secondary N) is 1. The molecule has 0 saturated carbocycles. The molecule has 0 saturated heterocycles. The zero-order valence-electron chi connectivity index (χ0n) is 19.6. The SMILES string of the molecule is CCN(C1=C(c2ccc(NC(C)=O)cc2)C(=O)N(CCCOC(C)C)C1=O)c1ccccc1. The zero-order valence-corrected chi connectivity index (χ0v) is 19.6. The monoisotopic (exact) mass is 449 g/mol. The lowest BCUT2D eigenvalue weighted by atomic mass is 10.0. The first-order chi connectivity index (χ1) is 15.8. The highest BCUT2D eigenvalue weighted by molar-refractivity contribution is 6.36. The first kappa shape index (κ1) is 24.2. The molecule has 0 radical (unpaired) electrons. The molecular weight excluding hydrogens is 418 g/mol. The Morgan fingerprint density at radius 1 is 1.03 bits per heavy atom. The van der Waals surface area contributed by atoms with Crippen molar-refractivity contribution in [1.29, 1.82) is 0 Å². The van der Waals surface area contributed by atoms with E-state index in [4.69, 9.17) is 4.74 Å². The number of nitrogens with zero attached hydrogens (tertiary/aromatic N) is 2. The van der Waals surface area contributed by atoms with Gasteiger partial charge in [0.1, 0.15) is 5.70 Å². The Labute approximate surface area is 195 Å².